The minimum absolute atomic E-state index is 0.172. The van der Waals surface area contributed by atoms with Gasteiger partial charge in [0.25, 0.3) is 5.91 Å². The number of nitrogens with two attached hydrogens (primary N) is 1. The van der Waals surface area contributed by atoms with Crippen LogP contribution in [0.3, 0.4) is 0 Å². The van der Waals surface area contributed by atoms with E-state index in [0.717, 1.165) is 29.7 Å². The maximum absolute atomic E-state index is 12.9. The Morgan fingerprint density at radius 2 is 2.03 bits per heavy atom. The first-order valence-electron chi connectivity index (χ1n) is 9.70. The summed E-state index contributed by atoms with van der Waals surface area (Å²) in [5, 5.41) is 3.46. The number of nitrogens with one attached hydrogen (secondary N) is 1. The van der Waals surface area contributed by atoms with Crippen LogP contribution in [-0.4, -0.2) is 43.0 Å². The van der Waals surface area contributed by atoms with Crippen LogP contribution in [0.1, 0.15) is 40.6 Å². The van der Waals surface area contributed by atoms with Crippen LogP contribution in [0.15, 0.2) is 24.3 Å². The molecule has 1 aromatic carbocycles. The van der Waals surface area contributed by atoms with Gasteiger partial charge in [-0.3, -0.25) is 14.5 Å². The molecular formula is C21H26FN3O3S. The number of halogens is 1. The van der Waals surface area contributed by atoms with E-state index in [1.807, 2.05) is 18.9 Å². The number of amides is 2. The molecule has 156 valence electrons. The molecule has 1 aliphatic rings. The van der Waals surface area contributed by atoms with Crippen LogP contribution >= 0.6 is 11.3 Å². The molecule has 3 rings (SSSR count). The lowest BCUT2D eigenvalue weighted by Crippen LogP contribution is -2.40. The van der Waals surface area contributed by atoms with Gasteiger partial charge in [0.1, 0.15) is 16.6 Å². The molecule has 1 atom stereocenters. The van der Waals surface area contributed by atoms with Crippen LogP contribution in [0.2, 0.25) is 0 Å². The summed E-state index contributed by atoms with van der Waals surface area (Å²) in [6.07, 6.45) is 3.50. The first-order chi connectivity index (χ1) is 13.9. The Morgan fingerprint density at radius 3 is 2.72 bits per heavy atom. The molecule has 0 saturated heterocycles. The van der Waals surface area contributed by atoms with Gasteiger partial charge in [-0.2, -0.15) is 0 Å². The summed E-state index contributed by atoms with van der Waals surface area (Å²) in [4.78, 5) is 27.6. The molecule has 1 heterocycles. The van der Waals surface area contributed by atoms with E-state index in [9.17, 15) is 14.0 Å². The summed E-state index contributed by atoms with van der Waals surface area (Å²) >= 11 is 1.46. The Balaban J connectivity index is 1.49. The number of primary amides is 1. The van der Waals surface area contributed by atoms with Gasteiger partial charge >= 0.3 is 0 Å². The van der Waals surface area contributed by atoms with Crippen molar-refractivity contribution in [3.05, 3.63) is 46.1 Å². The Hall–Kier alpha value is -2.45. The average Bonchev–Trinajstić information content (AvgIpc) is 3.26. The highest BCUT2D eigenvalue weighted by atomic mass is 32.1. The molecule has 0 aliphatic heterocycles. The topological polar surface area (TPSA) is 84.7 Å². The van der Waals surface area contributed by atoms with Gasteiger partial charge in [0.15, 0.2) is 0 Å². The Bertz CT molecular complexity index is 882. The number of benzene rings is 1. The van der Waals surface area contributed by atoms with Crippen molar-refractivity contribution in [2.45, 2.75) is 38.6 Å². The quantitative estimate of drug-likeness (QED) is 0.612. The maximum atomic E-state index is 12.9. The largest absolute Gasteiger partial charge is 0.494 e. The highest BCUT2D eigenvalue weighted by molar-refractivity contribution is 7.17. The molecule has 1 aromatic heterocycles. The van der Waals surface area contributed by atoms with Crippen LogP contribution < -0.4 is 15.8 Å². The van der Waals surface area contributed by atoms with E-state index >= 15 is 0 Å². The van der Waals surface area contributed by atoms with Gasteiger partial charge in [-0.1, -0.05) is 0 Å². The van der Waals surface area contributed by atoms with Crippen molar-refractivity contribution < 1.29 is 18.7 Å². The van der Waals surface area contributed by atoms with Gasteiger partial charge in [0.05, 0.1) is 18.2 Å². The number of anilines is 1. The third-order valence-corrected chi connectivity index (χ3v) is 6.39. The van der Waals surface area contributed by atoms with Crippen molar-refractivity contribution in [2.24, 2.45) is 5.73 Å². The monoisotopic (exact) mass is 419 g/mol. The molecule has 2 amide bonds. The van der Waals surface area contributed by atoms with Crippen LogP contribution in [0.4, 0.5) is 9.39 Å². The molecule has 0 fully saturated rings. The second-order valence-corrected chi connectivity index (χ2v) is 8.33. The molecule has 0 spiro atoms. The smallest absolute Gasteiger partial charge is 0.251 e. The minimum atomic E-state index is -0.487. The molecule has 3 N–H and O–H groups in total. The van der Waals surface area contributed by atoms with Crippen molar-refractivity contribution in [1.82, 2.24) is 4.90 Å². The predicted molar refractivity (Wildman–Crippen MR) is 112 cm³/mol. The summed E-state index contributed by atoms with van der Waals surface area (Å²) in [5.41, 5.74) is 7.02. The zero-order chi connectivity index (χ0) is 21.0. The van der Waals surface area contributed by atoms with Crippen LogP contribution in [-0.2, 0) is 17.6 Å². The van der Waals surface area contributed by atoms with Gasteiger partial charge < -0.3 is 15.8 Å². The number of aryl methyl sites for hydroxylation is 1. The van der Waals surface area contributed by atoms with Crippen molar-refractivity contribution in [1.29, 1.82) is 0 Å². The second kappa shape index (κ2) is 9.37. The maximum Gasteiger partial charge on any atom is 0.251 e. The van der Waals surface area contributed by atoms with Gasteiger partial charge in [-0.15, -0.1) is 11.3 Å². The van der Waals surface area contributed by atoms with E-state index in [1.165, 1.54) is 23.5 Å². The molecule has 0 bridgehead atoms. The highest BCUT2D eigenvalue weighted by Gasteiger charge is 2.27. The highest BCUT2D eigenvalue weighted by Crippen LogP contribution is 2.38. The molecule has 6 nitrogen and oxygen atoms in total. The number of rotatable bonds is 9. The number of carbonyl (C=O) groups excluding carboxylic acids is 2. The number of thiophene rings is 1. The lowest BCUT2D eigenvalue weighted by molar-refractivity contribution is -0.120. The van der Waals surface area contributed by atoms with Crippen molar-refractivity contribution in [3.8, 4) is 5.75 Å². The Kier molecular flexibility index (Phi) is 6.87. The predicted octanol–water partition coefficient (Wildman–Crippen LogP) is 3.20. The fourth-order valence-electron chi connectivity index (χ4n) is 3.40. The van der Waals surface area contributed by atoms with Crippen molar-refractivity contribution >= 4 is 28.2 Å². The lowest BCUT2D eigenvalue weighted by atomic mass is 10.1. The number of fused-ring (bicyclic) bond motifs is 1. The fourth-order valence-corrected chi connectivity index (χ4v) is 4.70. The number of ether oxygens (including phenoxy) is 1. The van der Waals surface area contributed by atoms with Gasteiger partial charge in [-0.25, -0.2) is 4.39 Å². The van der Waals surface area contributed by atoms with E-state index in [-0.39, 0.29) is 17.8 Å². The standard InChI is InChI=1S/C21H26FN3O3S/c1-13(25(2)11-4-12-28-15-9-7-14(22)8-10-15)20(27)24-21-18(19(23)26)16-5-3-6-17(16)29-21/h7-10,13H,3-6,11-12H2,1-2H3,(H2,23,26)(H,24,27). The SMILES string of the molecule is CC(C(=O)Nc1sc2c(c1C(N)=O)CCC2)N(C)CCCOc1ccc(F)cc1. The van der Waals surface area contributed by atoms with E-state index in [2.05, 4.69) is 5.32 Å². The van der Waals surface area contributed by atoms with Crippen LogP contribution in [0.25, 0.3) is 0 Å². The molecule has 8 heteroatoms. The summed E-state index contributed by atoms with van der Waals surface area (Å²) in [6, 6.07) is 5.51. The Labute approximate surface area is 173 Å². The molecule has 0 radical (unpaired) electrons. The van der Waals surface area contributed by atoms with Gasteiger partial charge in [-0.05, 0) is 69.5 Å². The van der Waals surface area contributed by atoms with Crippen LogP contribution in [0.5, 0.6) is 5.75 Å². The summed E-state index contributed by atoms with van der Waals surface area (Å²) in [7, 11) is 1.87. The van der Waals surface area contributed by atoms with E-state index in [0.29, 0.717) is 35.9 Å². The molecule has 1 unspecified atom stereocenters. The number of nitrogens with zero attached hydrogens (tertiary/aromatic N) is 1. The summed E-state index contributed by atoms with van der Waals surface area (Å²) < 4.78 is 18.5. The number of carbonyl (C=O) groups is 2. The minimum Gasteiger partial charge on any atom is -0.494 e. The molecular weight excluding hydrogens is 393 g/mol. The zero-order valence-corrected chi connectivity index (χ0v) is 17.5. The third-order valence-electron chi connectivity index (χ3n) is 5.18. The van der Waals surface area contributed by atoms with Crippen LogP contribution in [0, 0.1) is 5.82 Å². The van der Waals surface area contributed by atoms with Crippen molar-refractivity contribution in [3.63, 3.8) is 0 Å². The van der Waals surface area contributed by atoms with Gasteiger partial charge in [0, 0.05) is 11.4 Å². The fraction of sp³-hybridized carbons (Fsp3) is 0.429. The van der Waals surface area contributed by atoms with E-state index in [4.69, 9.17) is 10.5 Å². The molecule has 29 heavy (non-hydrogen) atoms. The average molecular weight is 420 g/mol. The van der Waals surface area contributed by atoms with Gasteiger partial charge in [0.2, 0.25) is 5.91 Å². The molecule has 0 saturated carbocycles. The zero-order valence-electron chi connectivity index (χ0n) is 16.7. The summed E-state index contributed by atoms with van der Waals surface area (Å²) in [6.45, 7) is 2.94. The number of likely N-dealkylation sites (N-methyl/N-ethyl adjacent to an activating group) is 1. The first-order valence-corrected chi connectivity index (χ1v) is 10.5. The Morgan fingerprint density at radius 1 is 1.31 bits per heavy atom. The number of hydrogen-bond acceptors (Lipinski definition) is 5. The van der Waals surface area contributed by atoms with Crippen molar-refractivity contribution in [2.75, 3.05) is 25.5 Å². The third kappa shape index (κ3) is 5.13. The molecule has 2 aromatic rings. The van der Waals surface area contributed by atoms with E-state index < -0.39 is 5.91 Å². The lowest BCUT2D eigenvalue weighted by Gasteiger charge is -2.23. The normalized spacial score (nSPS) is 13.9. The second-order valence-electron chi connectivity index (χ2n) is 7.23. The first kappa shape index (κ1) is 21.3. The summed E-state index contributed by atoms with van der Waals surface area (Å²) in [5.74, 6) is -0.343. The van der Waals surface area contributed by atoms with E-state index in [1.54, 1.807) is 12.1 Å². The number of hydrogen-bond donors (Lipinski definition) is 2. The molecule has 1 aliphatic carbocycles.